The van der Waals surface area contributed by atoms with E-state index in [1.165, 1.54) is 19.3 Å². The van der Waals surface area contributed by atoms with Gasteiger partial charge in [0, 0.05) is 10.6 Å². The molecule has 0 radical (unpaired) electrons. The van der Waals surface area contributed by atoms with Gasteiger partial charge in [-0.15, -0.1) is 0 Å². The highest BCUT2D eigenvalue weighted by Crippen LogP contribution is 2.28. The first-order chi connectivity index (χ1) is 9.08. The van der Waals surface area contributed by atoms with Gasteiger partial charge < -0.3 is 0 Å². The second kappa shape index (κ2) is 6.06. The van der Waals surface area contributed by atoms with Crippen molar-refractivity contribution in [1.29, 1.82) is 0 Å². The van der Waals surface area contributed by atoms with Crippen LogP contribution in [0.3, 0.4) is 0 Å². The smallest absolute Gasteiger partial charge is 0.182 e. The Hall–Kier alpha value is -0.860. The highest BCUT2D eigenvalue weighted by molar-refractivity contribution is 6.31. The van der Waals surface area contributed by atoms with E-state index in [1.807, 2.05) is 18.2 Å². The molecule has 3 heteroatoms. The molecule has 1 unspecified atom stereocenters. The van der Waals surface area contributed by atoms with E-state index >= 15 is 0 Å². The minimum Gasteiger partial charge on any atom is -0.292 e. The van der Waals surface area contributed by atoms with Crippen LogP contribution in [0.1, 0.15) is 49.9 Å². The number of likely N-dealkylation sites (tertiary alicyclic amines) is 1. The third-order valence-corrected chi connectivity index (χ3v) is 4.55. The van der Waals surface area contributed by atoms with Crippen LogP contribution in [0, 0.1) is 0 Å². The Labute approximate surface area is 120 Å². The van der Waals surface area contributed by atoms with Crippen LogP contribution in [0.4, 0.5) is 0 Å². The Morgan fingerprint density at radius 1 is 1.32 bits per heavy atom. The number of hydrogen-bond donors (Lipinski definition) is 0. The van der Waals surface area contributed by atoms with Gasteiger partial charge in [-0.25, -0.2) is 0 Å². The monoisotopic (exact) mass is 279 g/mol. The van der Waals surface area contributed by atoms with Gasteiger partial charge in [0.15, 0.2) is 5.78 Å². The number of hydrogen-bond acceptors (Lipinski definition) is 2. The van der Waals surface area contributed by atoms with Crippen LogP contribution in [0.25, 0.3) is 0 Å². The van der Waals surface area contributed by atoms with Gasteiger partial charge in [0.25, 0.3) is 0 Å². The predicted octanol–water partition coefficient (Wildman–Crippen LogP) is 4.18. The highest BCUT2D eigenvalue weighted by atomic mass is 35.5. The predicted molar refractivity (Wildman–Crippen MR) is 79.9 cm³/mol. The molecule has 1 aliphatic rings. The van der Waals surface area contributed by atoms with E-state index in [0.717, 1.165) is 25.1 Å². The molecule has 104 valence electrons. The molecule has 0 N–H and O–H groups in total. The Morgan fingerprint density at radius 2 is 2.00 bits per heavy atom. The lowest BCUT2D eigenvalue weighted by Gasteiger charge is -2.41. The zero-order chi connectivity index (χ0) is 13.9. The summed E-state index contributed by atoms with van der Waals surface area (Å²) >= 11 is 6.00. The first-order valence-electron chi connectivity index (χ1n) is 7.13. The quantitative estimate of drug-likeness (QED) is 0.771. The van der Waals surface area contributed by atoms with Crippen molar-refractivity contribution in [3.05, 3.63) is 34.9 Å². The summed E-state index contributed by atoms with van der Waals surface area (Å²) in [4.78, 5) is 15.2. The first kappa shape index (κ1) is 14.5. The van der Waals surface area contributed by atoms with Crippen LogP contribution < -0.4 is 0 Å². The molecule has 1 saturated heterocycles. The van der Waals surface area contributed by atoms with Gasteiger partial charge >= 0.3 is 0 Å². The van der Waals surface area contributed by atoms with Crippen molar-refractivity contribution < 1.29 is 4.79 Å². The molecule has 19 heavy (non-hydrogen) atoms. The summed E-state index contributed by atoms with van der Waals surface area (Å²) in [6.07, 6.45) is 4.50. The molecule has 0 bridgehead atoms. The lowest BCUT2D eigenvalue weighted by atomic mass is 9.85. The van der Waals surface area contributed by atoms with E-state index < -0.39 is 5.54 Å². The molecule has 2 rings (SSSR count). The Kier molecular flexibility index (Phi) is 4.64. The summed E-state index contributed by atoms with van der Waals surface area (Å²) in [5, 5.41) is 0.628. The summed E-state index contributed by atoms with van der Waals surface area (Å²) < 4.78 is 0. The molecular weight excluding hydrogens is 258 g/mol. The Balaban J connectivity index is 2.26. The molecular formula is C16H22ClNO. The molecule has 1 aromatic carbocycles. The van der Waals surface area contributed by atoms with Crippen molar-refractivity contribution in [2.75, 3.05) is 13.1 Å². The van der Waals surface area contributed by atoms with Crippen molar-refractivity contribution in [2.24, 2.45) is 0 Å². The fraction of sp³-hybridized carbons (Fsp3) is 0.562. The van der Waals surface area contributed by atoms with Crippen LogP contribution >= 0.6 is 11.6 Å². The Bertz CT molecular complexity index is 454. The lowest BCUT2D eigenvalue weighted by Crippen LogP contribution is -2.53. The molecule has 1 aromatic rings. The molecule has 0 aliphatic carbocycles. The van der Waals surface area contributed by atoms with Crippen LogP contribution in [-0.2, 0) is 0 Å². The van der Waals surface area contributed by atoms with Gasteiger partial charge in [-0.2, -0.15) is 0 Å². The minimum atomic E-state index is -0.398. The maximum Gasteiger partial charge on any atom is 0.182 e. The van der Waals surface area contributed by atoms with Gasteiger partial charge in [0.1, 0.15) is 0 Å². The molecule has 0 spiro atoms. The number of ketones is 1. The van der Waals surface area contributed by atoms with Gasteiger partial charge in [-0.05, 0) is 51.4 Å². The molecule has 1 fully saturated rings. The highest BCUT2D eigenvalue weighted by Gasteiger charge is 2.38. The maximum atomic E-state index is 12.8. The van der Waals surface area contributed by atoms with Gasteiger partial charge in [0.05, 0.1) is 5.54 Å². The van der Waals surface area contributed by atoms with Gasteiger partial charge in [-0.1, -0.05) is 37.1 Å². The summed E-state index contributed by atoms with van der Waals surface area (Å²) in [6, 6.07) is 7.30. The lowest BCUT2D eigenvalue weighted by molar-refractivity contribution is 0.0505. The number of carbonyl (C=O) groups excluding carboxylic acids is 1. The van der Waals surface area contributed by atoms with Crippen molar-refractivity contribution in [3.63, 3.8) is 0 Å². The number of halogens is 1. The van der Waals surface area contributed by atoms with Crippen LogP contribution in [0.15, 0.2) is 24.3 Å². The number of piperidine rings is 1. The standard InChI is InChI=1S/C16H22ClNO/c1-3-16(2,18-10-5-4-6-11-18)15(19)13-8-7-9-14(17)12-13/h7-9,12H,3-6,10-11H2,1-2H3. The van der Waals surface area contributed by atoms with Crippen molar-refractivity contribution in [2.45, 2.75) is 45.1 Å². The maximum absolute atomic E-state index is 12.8. The molecule has 1 aliphatic heterocycles. The summed E-state index contributed by atoms with van der Waals surface area (Å²) in [6.45, 7) is 6.21. The summed E-state index contributed by atoms with van der Waals surface area (Å²) in [5.74, 6) is 0.194. The average Bonchev–Trinajstić information content (AvgIpc) is 2.46. The largest absolute Gasteiger partial charge is 0.292 e. The zero-order valence-corrected chi connectivity index (χ0v) is 12.5. The second-order valence-electron chi connectivity index (χ2n) is 5.51. The zero-order valence-electron chi connectivity index (χ0n) is 11.8. The summed E-state index contributed by atoms with van der Waals surface area (Å²) in [5.41, 5.74) is 0.327. The first-order valence-corrected chi connectivity index (χ1v) is 7.51. The van der Waals surface area contributed by atoms with E-state index in [2.05, 4.69) is 18.7 Å². The molecule has 2 nitrogen and oxygen atoms in total. The van der Waals surface area contributed by atoms with Gasteiger partial charge in [0.2, 0.25) is 0 Å². The molecule has 0 saturated carbocycles. The van der Waals surface area contributed by atoms with Crippen molar-refractivity contribution in [3.8, 4) is 0 Å². The third kappa shape index (κ3) is 3.01. The summed E-state index contributed by atoms with van der Waals surface area (Å²) in [7, 11) is 0. The SMILES string of the molecule is CCC(C)(C(=O)c1cccc(Cl)c1)N1CCCCC1. The molecule has 1 heterocycles. The average molecular weight is 280 g/mol. The number of benzene rings is 1. The van der Waals surface area contributed by atoms with Crippen LogP contribution in [0.2, 0.25) is 5.02 Å². The van der Waals surface area contributed by atoms with E-state index in [-0.39, 0.29) is 5.78 Å². The fourth-order valence-electron chi connectivity index (χ4n) is 2.86. The van der Waals surface area contributed by atoms with Gasteiger partial charge in [-0.3, -0.25) is 9.69 Å². The molecule has 1 atom stereocenters. The molecule has 0 aromatic heterocycles. The fourth-order valence-corrected chi connectivity index (χ4v) is 3.05. The van der Waals surface area contributed by atoms with E-state index in [4.69, 9.17) is 11.6 Å². The second-order valence-corrected chi connectivity index (χ2v) is 5.95. The number of carbonyl (C=O) groups is 1. The number of Topliss-reactive ketones (excluding diaryl/α,β-unsaturated/α-hetero) is 1. The van der Waals surface area contributed by atoms with Crippen molar-refractivity contribution >= 4 is 17.4 Å². The normalized spacial score (nSPS) is 19.9. The third-order valence-electron chi connectivity index (χ3n) is 4.32. The minimum absolute atomic E-state index is 0.194. The molecule has 0 amide bonds. The van der Waals surface area contributed by atoms with E-state index in [9.17, 15) is 4.79 Å². The van der Waals surface area contributed by atoms with Crippen molar-refractivity contribution in [1.82, 2.24) is 4.90 Å². The van der Waals surface area contributed by atoms with Crippen LogP contribution in [0.5, 0.6) is 0 Å². The number of nitrogens with zero attached hydrogens (tertiary/aromatic N) is 1. The number of rotatable bonds is 4. The Morgan fingerprint density at radius 3 is 2.58 bits per heavy atom. The van der Waals surface area contributed by atoms with E-state index in [1.54, 1.807) is 6.07 Å². The van der Waals surface area contributed by atoms with Crippen LogP contribution in [-0.4, -0.2) is 29.3 Å². The topological polar surface area (TPSA) is 20.3 Å². The van der Waals surface area contributed by atoms with E-state index in [0.29, 0.717) is 5.02 Å².